The molecule has 0 saturated heterocycles. The first-order valence-electron chi connectivity index (χ1n) is 6.41. The lowest BCUT2D eigenvalue weighted by molar-refractivity contribution is -0.133. The van der Waals surface area contributed by atoms with Crippen LogP contribution in [0.15, 0.2) is 23.1 Å². The SMILES string of the molecule is CS(=O)(=O)c1ccc(C(=O)C2C(=O)CCCC2=O)c(N)c1. The Morgan fingerprint density at radius 1 is 1.19 bits per heavy atom. The van der Waals surface area contributed by atoms with Gasteiger partial charge in [0.2, 0.25) is 0 Å². The first-order chi connectivity index (χ1) is 9.71. The maximum absolute atomic E-state index is 12.3. The van der Waals surface area contributed by atoms with Crippen LogP contribution < -0.4 is 5.73 Å². The molecule has 0 spiro atoms. The second kappa shape index (κ2) is 5.40. The zero-order valence-corrected chi connectivity index (χ0v) is 12.3. The van der Waals surface area contributed by atoms with Gasteiger partial charge in [-0.3, -0.25) is 14.4 Å². The zero-order chi connectivity index (χ0) is 15.8. The molecule has 1 aromatic rings. The molecular formula is C14H15NO5S. The molecular weight excluding hydrogens is 294 g/mol. The average Bonchev–Trinajstić information content (AvgIpc) is 2.37. The van der Waals surface area contributed by atoms with E-state index < -0.39 is 33.1 Å². The van der Waals surface area contributed by atoms with Crippen molar-refractivity contribution in [3.05, 3.63) is 23.8 Å². The summed E-state index contributed by atoms with van der Waals surface area (Å²) in [6.45, 7) is 0. The minimum Gasteiger partial charge on any atom is -0.398 e. The third-order valence-electron chi connectivity index (χ3n) is 3.47. The van der Waals surface area contributed by atoms with Crippen LogP contribution in [0.2, 0.25) is 0 Å². The lowest BCUT2D eigenvalue weighted by Crippen LogP contribution is -2.35. The monoisotopic (exact) mass is 309 g/mol. The van der Waals surface area contributed by atoms with E-state index >= 15 is 0 Å². The van der Waals surface area contributed by atoms with Gasteiger partial charge in [-0.15, -0.1) is 0 Å². The highest BCUT2D eigenvalue weighted by Crippen LogP contribution is 2.25. The number of ketones is 3. The predicted molar refractivity (Wildman–Crippen MR) is 75.6 cm³/mol. The molecule has 0 aromatic heterocycles. The lowest BCUT2D eigenvalue weighted by atomic mass is 9.81. The van der Waals surface area contributed by atoms with Crippen molar-refractivity contribution in [2.24, 2.45) is 5.92 Å². The van der Waals surface area contributed by atoms with E-state index in [1.165, 1.54) is 18.2 Å². The number of hydrogen-bond donors (Lipinski definition) is 1. The fourth-order valence-electron chi connectivity index (χ4n) is 2.35. The van der Waals surface area contributed by atoms with Crippen LogP contribution in [0.1, 0.15) is 29.6 Å². The Morgan fingerprint density at radius 3 is 2.24 bits per heavy atom. The number of hydrogen-bond acceptors (Lipinski definition) is 6. The number of carbonyl (C=O) groups is 3. The smallest absolute Gasteiger partial charge is 0.182 e. The second-order valence-corrected chi connectivity index (χ2v) is 7.12. The molecule has 6 nitrogen and oxygen atoms in total. The van der Waals surface area contributed by atoms with E-state index in [0.29, 0.717) is 6.42 Å². The fourth-order valence-corrected chi connectivity index (χ4v) is 3.01. The van der Waals surface area contributed by atoms with Gasteiger partial charge >= 0.3 is 0 Å². The Hall–Kier alpha value is -2.02. The van der Waals surface area contributed by atoms with Crippen LogP contribution in [0.5, 0.6) is 0 Å². The van der Waals surface area contributed by atoms with E-state index in [9.17, 15) is 22.8 Å². The minimum absolute atomic E-state index is 0.0102. The van der Waals surface area contributed by atoms with E-state index in [2.05, 4.69) is 0 Å². The largest absolute Gasteiger partial charge is 0.398 e. The van der Waals surface area contributed by atoms with Crippen molar-refractivity contribution in [2.45, 2.75) is 24.2 Å². The fraction of sp³-hybridized carbons (Fsp3) is 0.357. The van der Waals surface area contributed by atoms with E-state index in [0.717, 1.165) is 6.26 Å². The summed E-state index contributed by atoms with van der Waals surface area (Å²) in [5, 5.41) is 0. The number of benzene rings is 1. The van der Waals surface area contributed by atoms with Crippen LogP contribution in [-0.4, -0.2) is 32.0 Å². The van der Waals surface area contributed by atoms with Crippen LogP contribution in [0.25, 0.3) is 0 Å². The molecule has 0 heterocycles. The van der Waals surface area contributed by atoms with Gasteiger partial charge in [0, 0.05) is 30.3 Å². The van der Waals surface area contributed by atoms with Gasteiger partial charge in [0.15, 0.2) is 27.2 Å². The Balaban J connectivity index is 2.40. The van der Waals surface area contributed by atoms with Crippen LogP contribution in [0.4, 0.5) is 5.69 Å². The third kappa shape index (κ3) is 3.02. The molecule has 0 radical (unpaired) electrons. The predicted octanol–water partition coefficient (Wildman–Crippen LogP) is 0.793. The Labute approximate surface area is 122 Å². The van der Waals surface area contributed by atoms with E-state index in [1.807, 2.05) is 0 Å². The third-order valence-corrected chi connectivity index (χ3v) is 4.58. The van der Waals surface area contributed by atoms with Gasteiger partial charge in [-0.25, -0.2) is 8.42 Å². The zero-order valence-electron chi connectivity index (χ0n) is 11.5. The first kappa shape index (κ1) is 15.4. The molecule has 0 amide bonds. The molecule has 1 aromatic carbocycles. The number of sulfone groups is 1. The topological polar surface area (TPSA) is 111 Å². The van der Waals surface area contributed by atoms with Crippen molar-refractivity contribution in [3.63, 3.8) is 0 Å². The second-order valence-electron chi connectivity index (χ2n) is 5.10. The van der Waals surface area contributed by atoms with Gasteiger partial charge in [0.25, 0.3) is 0 Å². The normalized spacial score (nSPS) is 17.0. The van der Waals surface area contributed by atoms with Crippen LogP contribution in [-0.2, 0) is 19.4 Å². The summed E-state index contributed by atoms with van der Waals surface area (Å²) >= 11 is 0. The molecule has 0 bridgehead atoms. The Bertz CT molecular complexity index is 720. The van der Waals surface area contributed by atoms with Gasteiger partial charge in [0.1, 0.15) is 5.92 Å². The summed E-state index contributed by atoms with van der Waals surface area (Å²) in [4.78, 5) is 35.9. The molecule has 7 heteroatoms. The van der Waals surface area contributed by atoms with Gasteiger partial charge < -0.3 is 5.73 Å². The maximum Gasteiger partial charge on any atom is 0.182 e. The molecule has 2 rings (SSSR count). The van der Waals surface area contributed by atoms with Crippen molar-refractivity contribution in [1.29, 1.82) is 0 Å². The van der Waals surface area contributed by atoms with Gasteiger partial charge in [-0.2, -0.15) is 0 Å². The summed E-state index contributed by atoms with van der Waals surface area (Å²) in [6.07, 6.45) is 1.88. The lowest BCUT2D eigenvalue weighted by Gasteiger charge is -2.19. The quantitative estimate of drug-likeness (QED) is 0.502. The standard InChI is InChI=1S/C14H15NO5S/c1-21(19,20)8-5-6-9(10(15)7-8)14(18)13-11(16)3-2-4-12(13)17/h5-7,13H,2-4,15H2,1H3. The van der Waals surface area contributed by atoms with E-state index in [-0.39, 0.29) is 29.0 Å². The molecule has 112 valence electrons. The highest BCUT2D eigenvalue weighted by Gasteiger charge is 2.37. The molecule has 1 aliphatic carbocycles. The maximum atomic E-state index is 12.3. The van der Waals surface area contributed by atoms with Gasteiger partial charge in [-0.05, 0) is 24.6 Å². The van der Waals surface area contributed by atoms with Crippen molar-refractivity contribution in [2.75, 3.05) is 12.0 Å². The van der Waals surface area contributed by atoms with Crippen LogP contribution in [0, 0.1) is 5.92 Å². The van der Waals surface area contributed by atoms with Crippen LogP contribution >= 0.6 is 0 Å². The van der Waals surface area contributed by atoms with E-state index in [1.54, 1.807) is 0 Å². The van der Waals surface area contributed by atoms with Crippen molar-refractivity contribution < 1.29 is 22.8 Å². The van der Waals surface area contributed by atoms with Crippen LogP contribution in [0.3, 0.4) is 0 Å². The molecule has 2 N–H and O–H groups in total. The number of carbonyl (C=O) groups excluding carboxylic acids is 3. The van der Waals surface area contributed by atoms with E-state index in [4.69, 9.17) is 5.73 Å². The number of nitrogen functional groups attached to an aromatic ring is 1. The number of rotatable bonds is 3. The van der Waals surface area contributed by atoms with Gasteiger partial charge in [-0.1, -0.05) is 0 Å². The summed E-state index contributed by atoms with van der Waals surface area (Å²) in [5.74, 6) is -2.75. The molecule has 1 saturated carbocycles. The number of nitrogens with two attached hydrogens (primary N) is 1. The molecule has 0 atom stereocenters. The highest BCUT2D eigenvalue weighted by atomic mass is 32.2. The molecule has 0 unspecified atom stereocenters. The summed E-state index contributed by atoms with van der Waals surface area (Å²) in [7, 11) is -3.44. The number of anilines is 1. The average molecular weight is 309 g/mol. The molecule has 21 heavy (non-hydrogen) atoms. The molecule has 1 aliphatic rings. The summed E-state index contributed by atoms with van der Waals surface area (Å²) < 4.78 is 22.8. The van der Waals surface area contributed by atoms with Crippen molar-refractivity contribution >= 4 is 32.9 Å². The first-order valence-corrected chi connectivity index (χ1v) is 8.30. The summed E-state index contributed by atoms with van der Waals surface area (Å²) in [5.41, 5.74) is 5.67. The summed E-state index contributed by atoms with van der Waals surface area (Å²) in [6, 6.07) is 3.67. The Morgan fingerprint density at radius 2 is 1.76 bits per heavy atom. The Kier molecular flexibility index (Phi) is 3.95. The highest BCUT2D eigenvalue weighted by molar-refractivity contribution is 7.90. The van der Waals surface area contributed by atoms with Crippen molar-refractivity contribution in [3.8, 4) is 0 Å². The molecule has 1 fully saturated rings. The minimum atomic E-state index is -3.44. The van der Waals surface area contributed by atoms with Crippen molar-refractivity contribution in [1.82, 2.24) is 0 Å². The molecule has 0 aliphatic heterocycles. The van der Waals surface area contributed by atoms with Gasteiger partial charge in [0.05, 0.1) is 4.90 Å². The number of Topliss-reactive ketones (excluding diaryl/α,β-unsaturated/α-hetero) is 3.